The first kappa shape index (κ1) is 11.3. The maximum atomic E-state index is 11.9. The van der Waals surface area contributed by atoms with Gasteiger partial charge in [-0.2, -0.15) is 0 Å². The molecule has 0 radical (unpaired) electrons. The van der Waals surface area contributed by atoms with Crippen LogP contribution in [0.5, 0.6) is 5.75 Å². The number of halogens is 1. The lowest BCUT2D eigenvalue weighted by atomic mass is 9.85. The van der Waals surface area contributed by atoms with Gasteiger partial charge in [-0.3, -0.25) is 4.79 Å². The van der Waals surface area contributed by atoms with Gasteiger partial charge in [0.15, 0.2) is 6.61 Å². The first-order chi connectivity index (χ1) is 8.24. The van der Waals surface area contributed by atoms with Crippen LogP contribution in [0.15, 0.2) is 18.2 Å². The zero-order valence-corrected chi connectivity index (χ0v) is 11.6. The molecule has 0 unspecified atom stereocenters. The van der Waals surface area contributed by atoms with Gasteiger partial charge in [0.05, 0.1) is 5.69 Å². The molecule has 4 heteroatoms. The van der Waals surface area contributed by atoms with Gasteiger partial charge in [-0.25, -0.2) is 0 Å². The molecule has 2 aliphatic rings. The van der Waals surface area contributed by atoms with E-state index in [9.17, 15) is 4.79 Å². The number of benzene rings is 1. The van der Waals surface area contributed by atoms with Crippen molar-refractivity contribution in [2.24, 2.45) is 5.92 Å². The van der Waals surface area contributed by atoms with E-state index in [-0.39, 0.29) is 12.5 Å². The lowest BCUT2D eigenvalue weighted by Gasteiger charge is -2.35. The molecule has 1 fully saturated rings. The summed E-state index contributed by atoms with van der Waals surface area (Å²) in [6.07, 6.45) is 3.82. The second-order valence-corrected chi connectivity index (χ2v) is 5.95. The number of amides is 1. The van der Waals surface area contributed by atoms with E-state index < -0.39 is 0 Å². The van der Waals surface area contributed by atoms with E-state index in [0.29, 0.717) is 5.92 Å². The Hall–Kier alpha value is -0.780. The highest BCUT2D eigenvalue weighted by Crippen LogP contribution is 2.36. The summed E-state index contributed by atoms with van der Waals surface area (Å²) >= 11 is 2.27. The molecular weight excluding hydrogens is 329 g/mol. The quantitative estimate of drug-likeness (QED) is 0.773. The van der Waals surface area contributed by atoms with E-state index >= 15 is 0 Å². The van der Waals surface area contributed by atoms with Gasteiger partial charge in [0.1, 0.15) is 5.75 Å². The first-order valence-corrected chi connectivity index (χ1v) is 7.04. The molecule has 1 amide bonds. The minimum absolute atomic E-state index is 0.0893. The fourth-order valence-corrected chi connectivity index (χ4v) is 2.78. The van der Waals surface area contributed by atoms with Crippen molar-refractivity contribution in [2.45, 2.75) is 19.3 Å². The number of carbonyl (C=O) groups excluding carboxylic acids is 1. The largest absolute Gasteiger partial charge is 0.482 e. The number of fused-ring (bicyclic) bond motifs is 1. The molecule has 1 saturated carbocycles. The number of ether oxygens (including phenoxy) is 1. The summed E-state index contributed by atoms with van der Waals surface area (Å²) in [7, 11) is 0. The topological polar surface area (TPSA) is 29.5 Å². The Morgan fingerprint density at radius 1 is 1.41 bits per heavy atom. The van der Waals surface area contributed by atoms with Crippen LogP contribution in [0.3, 0.4) is 0 Å². The van der Waals surface area contributed by atoms with Crippen LogP contribution in [-0.4, -0.2) is 19.1 Å². The van der Waals surface area contributed by atoms with Crippen molar-refractivity contribution in [2.75, 3.05) is 18.1 Å². The van der Waals surface area contributed by atoms with Crippen LogP contribution in [0.4, 0.5) is 5.69 Å². The highest BCUT2D eigenvalue weighted by atomic mass is 127. The molecule has 1 aliphatic carbocycles. The maximum Gasteiger partial charge on any atom is 0.265 e. The standard InChI is InChI=1S/C13H14INO2/c14-10-4-5-12-11(6-10)15(13(16)8-17-12)7-9-2-1-3-9/h4-6,9H,1-3,7-8H2. The van der Waals surface area contributed by atoms with Crippen LogP contribution in [0.2, 0.25) is 0 Å². The van der Waals surface area contributed by atoms with Gasteiger partial charge in [0.2, 0.25) is 0 Å². The molecule has 3 nitrogen and oxygen atoms in total. The number of hydrogen-bond donors (Lipinski definition) is 0. The van der Waals surface area contributed by atoms with Crippen LogP contribution in [0.1, 0.15) is 19.3 Å². The third-order valence-corrected chi connectivity index (χ3v) is 4.20. The van der Waals surface area contributed by atoms with Crippen LogP contribution >= 0.6 is 22.6 Å². The van der Waals surface area contributed by atoms with Crippen LogP contribution in [-0.2, 0) is 4.79 Å². The van der Waals surface area contributed by atoms with Crippen molar-refractivity contribution >= 4 is 34.2 Å². The monoisotopic (exact) mass is 343 g/mol. The summed E-state index contributed by atoms with van der Waals surface area (Å²) < 4.78 is 6.60. The van der Waals surface area contributed by atoms with Crippen molar-refractivity contribution in [3.63, 3.8) is 0 Å². The highest BCUT2D eigenvalue weighted by molar-refractivity contribution is 14.1. The summed E-state index contributed by atoms with van der Waals surface area (Å²) in [6.45, 7) is 1.04. The molecule has 0 bridgehead atoms. The van der Waals surface area contributed by atoms with Crippen molar-refractivity contribution < 1.29 is 9.53 Å². The summed E-state index contributed by atoms with van der Waals surface area (Å²) in [5.41, 5.74) is 0.944. The van der Waals surface area contributed by atoms with E-state index in [1.54, 1.807) is 0 Å². The fourth-order valence-electron chi connectivity index (χ4n) is 2.31. The van der Waals surface area contributed by atoms with Gasteiger partial charge in [0, 0.05) is 10.1 Å². The molecule has 1 aromatic rings. The predicted molar refractivity (Wildman–Crippen MR) is 74.3 cm³/mol. The molecule has 0 spiro atoms. The van der Waals surface area contributed by atoms with Gasteiger partial charge < -0.3 is 9.64 Å². The van der Waals surface area contributed by atoms with Crippen molar-refractivity contribution in [3.8, 4) is 5.75 Å². The number of carbonyl (C=O) groups is 1. The molecule has 0 aromatic heterocycles. The number of anilines is 1. The summed E-state index contributed by atoms with van der Waals surface area (Å²) in [5, 5.41) is 0. The zero-order chi connectivity index (χ0) is 11.8. The second-order valence-electron chi connectivity index (χ2n) is 4.70. The molecule has 3 rings (SSSR count). The SMILES string of the molecule is O=C1COc2ccc(I)cc2N1CC1CCC1. The first-order valence-electron chi connectivity index (χ1n) is 5.97. The smallest absolute Gasteiger partial charge is 0.265 e. The average Bonchev–Trinajstić information content (AvgIpc) is 2.25. The Bertz CT molecular complexity index is 457. The average molecular weight is 343 g/mol. The van der Waals surface area contributed by atoms with E-state index in [1.807, 2.05) is 23.1 Å². The molecule has 0 saturated heterocycles. The minimum Gasteiger partial charge on any atom is -0.482 e. The van der Waals surface area contributed by atoms with Gasteiger partial charge in [-0.05, 0) is 59.5 Å². The predicted octanol–water partition coefficient (Wildman–Crippen LogP) is 2.82. The van der Waals surface area contributed by atoms with Gasteiger partial charge in [-0.15, -0.1) is 0 Å². The molecule has 90 valence electrons. The Morgan fingerprint density at radius 2 is 2.24 bits per heavy atom. The third kappa shape index (κ3) is 2.14. The van der Waals surface area contributed by atoms with Gasteiger partial charge in [0.25, 0.3) is 5.91 Å². The molecule has 0 N–H and O–H groups in total. The molecule has 0 atom stereocenters. The number of rotatable bonds is 2. The van der Waals surface area contributed by atoms with Gasteiger partial charge in [-0.1, -0.05) is 6.42 Å². The van der Waals surface area contributed by atoms with Crippen molar-refractivity contribution in [3.05, 3.63) is 21.8 Å². The van der Waals surface area contributed by atoms with E-state index in [0.717, 1.165) is 21.6 Å². The molecule has 1 aliphatic heterocycles. The fraction of sp³-hybridized carbons (Fsp3) is 0.462. The maximum absolute atomic E-state index is 11.9. The molecule has 1 aromatic carbocycles. The van der Waals surface area contributed by atoms with E-state index in [4.69, 9.17) is 4.74 Å². The Labute approximate surface area is 114 Å². The molecule has 17 heavy (non-hydrogen) atoms. The Balaban J connectivity index is 1.90. The Kier molecular flexibility index (Phi) is 2.98. The lowest BCUT2D eigenvalue weighted by Crippen LogP contribution is -2.43. The van der Waals surface area contributed by atoms with Gasteiger partial charge >= 0.3 is 0 Å². The van der Waals surface area contributed by atoms with Crippen LogP contribution in [0.25, 0.3) is 0 Å². The van der Waals surface area contributed by atoms with Crippen LogP contribution < -0.4 is 9.64 Å². The number of hydrogen-bond acceptors (Lipinski definition) is 2. The molecular formula is C13H14INO2. The van der Waals surface area contributed by atoms with E-state index in [2.05, 4.69) is 22.6 Å². The zero-order valence-electron chi connectivity index (χ0n) is 9.49. The summed E-state index contributed by atoms with van der Waals surface area (Å²) in [5.74, 6) is 1.61. The minimum atomic E-state index is 0.0893. The third-order valence-electron chi connectivity index (χ3n) is 3.53. The summed E-state index contributed by atoms with van der Waals surface area (Å²) in [4.78, 5) is 13.8. The molecule has 1 heterocycles. The summed E-state index contributed by atoms with van der Waals surface area (Å²) in [6, 6.07) is 6.00. The van der Waals surface area contributed by atoms with Crippen LogP contribution in [0, 0.1) is 9.49 Å². The number of nitrogens with zero attached hydrogens (tertiary/aromatic N) is 1. The Morgan fingerprint density at radius 3 is 2.94 bits per heavy atom. The second kappa shape index (κ2) is 4.48. The lowest BCUT2D eigenvalue weighted by molar-refractivity contribution is -0.121. The van der Waals surface area contributed by atoms with Crippen molar-refractivity contribution in [1.29, 1.82) is 0 Å². The highest BCUT2D eigenvalue weighted by Gasteiger charge is 2.29. The van der Waals surface area contributed by atoms with Crippen molar-refractivity contribution in [1.82, 2.24) is 0 Å². The van der Waals surface area contributed by atoms with E-state index in [1.165, 1.54) is 19.3 Å². The normalized spacial score (nSPS) is 19.6.